The molecule has 0 fully saturated rings. The van der Waals surface area contributed by atoms with Crippen molar-refractivity contribution in [1.82, 2.24) is 0 Å². The molecule has 0 unspecified atom stereocenters. The minimum atomic E-state index is -0.859. The van der Waals surface area contributed by atoms with Gasteiger partial charge in [-0.25, -0.2) is 0 Å². The van der Waals surface area contributed by atoms with Crippen LogP contribution in [0.5, 0.6) is 0 Å². The van der Waals surface area contributed by atoms with Gasteiger partial charge in [0.15, 0.2) is 0 Å². The maximum Gasteiger partial charge on any atom is 0.144 e. The van der Waals surface area contributed by atoms with Gasteiger partial charge >= 0.3 is 0 Å². The monoisotopic (exact) mass is 228 g/mol. The van der Waals surface area contributed by atoms with Crippen LogP contribution in [0.1, 0.15) is 11.1 Å². The van der Waals surface area contributed by atoms with Crippen LogP contribution in [0.25, 0.3) is 0 Å². The summed E-state index contributed by atoms with van der Waals surface area (Å²) in [5, 5.41) is 0. The second-order valence-corrected chi connectivity index (χ2v) is 4.32. The van der Waals surface area contributed by atoms with E-state index in [1.165, 1.54) is 0 Å². The second-order valence-electron chi connectivity index (χ2n) is 3.62. The highest BCUT2D eigenvalue weighted by atomic mass is 32.1. The summed E-state index contributed by atoms with van der Waals surface area (Å²) in [4.78, 5) is 11.4. The molecule has 0 atom stereocenters. The molecule has 0 aliphatic heterocycles. The summed E-state index contributed by atoms with van der Waals surface area (Å²) < 4.78 is -0.859. The van der Waals surface area contributed by atoms with Crippen LogP contribution >= 0.6 is 12.6 Å². The molecule has 2 aromatic carbocycles. The highest BCUT2D eigenvalue weighted by Gasteiger charge is 2.29. The zero-order valence-electron chi connectivity index (χ0n) is 8.71. The SMILES string of the molecule is O=CC(S)(c1ccccc1)c1ccccc1. The lowest BCUT2D eigenvalue weighted by Gasteiger charge is -2.23. The Labute approximate surface area is 101 Å². The van der Waals surface area contributed by atoms with Crippen LogP contribution in [-0.4, -0.2) is 6.29 Å². The maximum atomic E-state index is 11.4. The Kier molecular flexibility index (Phi) is 3.11. The van der Waals surface area contributed by atoms with Crippen molar-refractivity contribution in [1.29, 1.82) is 0 Å². The van der Waals surface area contributed by atoms with E-state index in [1.54, 1.807) is 0 Å². The van der Waals surface area contributed by atoms with Crippen LogP contribution < -0.4 is 0 Å². The van der Waals surface area contributed by atoms with Crippen LogP contribution in [0.4, 0.5) is 0 Å². The van der Waals surface area contributed by atoms with E-state index >= 15 is 0 Å². The average Bonchev–Trinajstić information content (AvgIpc) is 2.40. The molecule has 0 aliphatic carbocycles. The first-order valence-electron chi connectivity index (χ1n) is 5.07. The number of hydrogen-bond donors (Lipinski definition) is 1. The lowest BCUT2D eigenvalue weighted by molar-refractivity contribution is -0.109. The third-order valence-electron chi connectivity index (χ3n) is 2.60. The fourth-order valence-corrected chi connectivity index (χ4v) is 1.99. The Bertz CT molecular complexity index is 425. The molecule has 2 aromatic rings. The van der Waals surface area contributed by atoms with Crippen LogP contribution in [-0.2, 0) is 9.54 Å². The minimum absolute atomic E-state index is 0.859. The molecule has 0 saturated heterocycles. The molecule has 0 saturated carbocycles. The number of carbonyl (C=O) groups excluding carboxylic acids is 1. The van der Waals surface area contributed by atoms with Crippen LogP contribution in [0, 0.1) is 0 Å². The summed E-state index contributed by atoms with van der Waals surface area (Å²) in [6.07, 6.45) is 0.876. The van der Waals surface area contributed by atoms with Gasteiger partial charge in [0.2, 0.25) is 0 Å². The number of carbonyl (C=O) groups is 1. The van der Waals surface area contributed by atoms with Gasteiger partial charge in [0.1, 0.15) is 11.0 Å². The molecular weight excluding hydrogens is 216 g/mol. The maximum absolute atomic E-state index is 11.4. The van der Waals surface area contributed by atoms with Crippen LogP contribution in [0.15, 0.2) is 60.7 Å². The van der Waals surface area contributed by atoms with Gasteiger partial charge in [0.25, 0.3) is 0 Å². The largest absolute Gasteiger partial charge is 0.301 e. The molecular formula is C14H12OS. The average molecular weight is 228 g/mol. The van der Waals surface area contributed by atoms with E-state index in [0.717, 1.165) is 17.4 Å². The Hall–Kier alpha value is -1.54. The number of aldehydes is 1. The van der Waals surface area contributed by atoms with Gasteiger partial charge in [-0.3, -0.25) is 0 Å². The normalized spacial score (nSPS) is 11.1. The van der Waals surface area contributed by atoms with Gasteiger partial charge < -0.3 is 4.79 Å². The molecule has 0 amide bonds. The number of thiol groups is 1. The van der Waals surface area contributed by atoms with Crippen molar-refractivity contribution in [2.75, 3.05) is 0 Å². The fourth-order valence-electron chi connectivity index (χ4n) is 1.69. The number of rotatable bonds is 3. The standard InChI is InChI=1S/C14H12OS/c15-11-14(16,12-7-3-1-4-8-12)13-9-5-2-6-10-13/h1-11,16H. The van der Waals surface area contributed by atoms with Gasteiger partial charge in [0.05, 0.1) is 0 Å². The Balaban J connectivity index is 2.53. The summed E-state index contributed by atoms with van der Waals surface area (Å²) in [6, 6.07) is 19.1. The summed E-state index contributed by atoms with van der Waals surface area (Å²) in [5.74, 6) is 0. The first-order valence-corrected chi connectivity index (χ1v) is 5.52. The van der Waals surface area contributed by atoms with Crippen molar-refractivity contribution in [2.45, 2.75) is 4.75 Å². The van der Waals surface area contributed by atoms with E-state index in [-0.39, 0.29) is 0 Å². The van der Waals surface area contributed by atoms with E-state index in [9.17, 15) is 4.79 Å². The smallest absolute Gasteiger partial charge is 0.144 e. The zero-order valence-corrected chi connectivity index (χ0v) is 9.60. The van der Waals surface area contributed by atoms with E-state index in [0.29, 0.717) is 0 Å². The summed E-state index contributed by atoms with van der Waals surface area (Å²) in [5.41, 5.74) is 1.78. The first-order chi connectivity index (χ1) is 7.77. The number of hydrogen-bond acceptors (Lipinski definition) is 2. The first kappa shape index (κ1) is 11.0. The van der Waals surface area contributed by atoms with Gasteiger partial charge in [-0.2, -0.15) is 12.6 Å². The van der Waals surface area contributed by atoms with Gasteiger partial charge in [-0.05, 0) is 11.1 Å². The van der Waals surface area contributed by atoms with Crippen molar-refractivity contribution < 1.29 is 4.79 Å². The van der Waals surface area contributed by atoms with Gasteiger partial charge in [-0.15, -0.1) is 0 Å². The summed E-state index contributed by atoms with van der Waals surface area (Å²) in [7, 11) is 0. The van der Waals surface area contributed by atoms with Crippen LogP contribution in [0.2, 0.25) is 0 Å². The number of benzene rings is 2. The molecule has 16 heavy (non-hydrogen) atoms. The van der Waals surface area contributed by atoms with Crippen molar-refractivity contribution in [2.24, 2.45) is 0 Å². The highest BCUT2D eigenvalue weighted by Crippen LogP contribution is 2.33. The van der Waals surface area contributed by atoms with Crippen molar-refractivity contribution in [3.63, 3.8) is 0 Å². The topological polar surface area (TPSA) is 17.1 Å². The lowest BCUT2D eigenvalue weighted by atomic mass is 9.91. The molecule has 0 spiro atoms. The molecule has 0 radical (unpaired) electrons. The van der Waals surface area contributed by atoms with Crippen LogP contribution in [0.3, 0.4) is 0 Å². The minimum Gasteiger partial charge on any atom is -0.301 e. The molecule has 0 bridgehead atoms. The second kappa shape index (κ2) is 4.54. The fraction of sp³-hybridized carbons (Fsp3) is 0.0714. The van der Waals surface area contributed by atoms with Crippen molar-refractivity contribution >= 4 is 18.9 Å². The summed E-state index contributed by atoms with van der Waals surface area (Å²) in [6.45, 7) is 0. The van der Waals surface area contributed by atoms with Gasteiger partial charge in [-0.1, -0.05) is 60.7 Å². The predicted octanol–water partition coefficient (Wildman–Crippen LogP) is 3.06. The summed E-state index contributed by atoms with van der Waals surface area (Å²) >= 11 is 4.53. The van der Waals surface area contributed by atoms with Gasteiger partial charge in [0, 0.05) is 0 Å². The Morgan fingerprint density at radius 1 is 0.812 bits per heavy atom. The third-order valence-corrected chi connectivity index (χ3v) is 3.22. The lowest BCUT2D eigenvalue weighted by Crippen LogP contribution is -2.22. The van der Waals surface area contributed by atoms with E-state index in [1.807, 2.05) is 60.7 Å². The molecule has 2 heteroatoms. The third kappa shape index (κ3) is 1.89. The van der Waals surface area contributed by atoms with E-state index in [2.05, 4.69) is 12.6 Å². The molecule has 80 valence electrons. The Morgan fingerprint density at radius 3 is 1.50 bits per heavy atom. The molecule has 0 heterocycles. The van der Waals surface area contributed by atoms with Crippen molar-refractivity contribution in [3.8, 4) is 0 Å². The quantitative estimate of drug-likeness (QED) is 0.631. The van der Waals surface area contributed by atoms with E-state index < -0.39 is 4.75 Å². The predicted molar refractivity (Wildman–Crippen MR) is 68.7 cm³/mol. The molecule has 0 N–H and O–H groups in total. The van der Waals surface area contributed by atoms with E-state index in [4.69, 9.17) is 0 Å². The molecule has 0 aliphatic rings. The molecule has 0 aromatic heterocycles. The van der Waals surface area contributed by atoms with Crippen molar-refractivity contribution in [3.05, 3.63) is 71.8 Å². The highest BCUT2D eigenvalue weighted by molar-refractivity contribution is 7.82. The molecule has 1 nitrogen and oxygen atoms in total. The molecule has 2 rings (SSSR count). The Morgan fingerprint density at radius 2 is 1.19 bits per heavy atom. The zero-order chi connectivity index (χ0) is 11.4.